The van der Waals surface area contributed by atoms with E-state index in [2.05, 4.69) is 15.3 Å². The van der Waals surface area contributed by atoms with Gasteiger partial charge >= 0.3 is 0 Å². The summed E-state index contributed by atoms with van der Waals surface area (Å²) in [6.07, 6.45) is 1.61. The second kappa shape index (κ2) is 12.9. The van der Waals surface area contributed by atoms with Crippen LogP contribution < -0.4 is 5.32 Å². The number of rotatable bonds is 9. The molecule has 0 bridgehead atoms. The first-order valence-electron chi connectivity index (χ1n) is 10.9. The van der Waals surface area contributed by atoms with Gasteiger partial charge in [0.1, 0.15) is 12.4 Å². The topological polar surface area (TPSA) is 143 Å². The van der Waals surface area contributed by atoms with Crippen molar-refractivity contribution < 1.29 is 20.2 Å². The van der Waals surface area contributed by atoms with Crippen molar-refractivity contribution in [2.24, 2.45) is 0 Å². The van der Waals surface area contributed by atoms with Gasteiger partial charge in [0, 0.05) is 35.8 Å². The van der Waals surface area contributed by atoms with Gasteiger partial charge in [0.2, 0.25) is 11.8 Å². The van der Waals surface area contributed by atoms with Gasteiger partial charge in [0.25, 0.3) is 0 Å². The number of aryl methyl sites for hydroxylation is 1. The molecule has 10 heteroatoms. The molecule has 0 radical (unpaired) electrons. The van der Waals surface area contributed by atoms with Gasteiger partial charge in [0.15, 0.2) is 0 Å². The lowest BCUT2D eigenvalue weighted by Crippen LogP contribution is -2.17. The van der Waals surface area contributed by atoms with Crippen LogP contribution in [0, 0.1) is 17.7 Å². The van der Waals surface area contributed by atoms with Crippen molar-refractivity contribution in [3.05, 3.63) is 77.2 Å². The van der Waals surface area contributed by atoms with Gasteiger partial charge in [0.05, 0.1) is 28.4 Å². The predicted molar refractivity (Wildman–Crippen MR) is 138 cm³/mol. The molecule has 3 aromatic rings. The zero-order valence-corrected chi connectivity index (χ0v) is 20.7. The van der Waals surface area contributed by atoms with E-state index in [0.717, 1.165) is 16.0 Å². The molecule has 0 amide bonds. The van der Waals surface area contributed by atoms with Gasteiger partial charge in [-0.3, -0.25) is 20.0 Å². The summed E-state index contributed by atoms with van der Waals surface area (Å²) in [5.41, 5.74) is 3.54. The Bertz CT molecular complexity index is 1190. The Labute approximate surface area is 208 Å². The zero-order valence-electron chi connectivity index (χ0n) is 19.9. The fourth-order valence-electron chi connectivity index (χ4n) is 3.12. The minimum absolute atomic E-state index is 0. The SMILES string of the molecule is Cc1ncc(-c2ccc(S(=O)C(C)C)cc2)nc1C(=N)OC(=N)c1ccc(CNCCF)cc1.O.[HH]. The average molecular weight is 502 g/mol. The van der Waals surface area contributed by atoms with E-state index in [0.29, 0.717) is 30.0 Å². The maximum absolute atomic E-state index is 12.3. The van der Waals surface area contributed by atoms with E-state index in [1.54, 1.807) is 37.4 Å². The first-order chi connectivity index (χ1) is 16.3. The lowest BCUT2D eigenvalue weighted by Gasteiger charge is -2.12. The summed E-state index contributed by atoms with van der Waals surface area (Å²) in [6.45, 7) is 5.94. The lowest BCUT2D eigenvalue weighted by atomic mass is 10.1. The summed E-state index contributed by atoms with van der Waals surface area (Å²) in [6, 6.07) is 14.4. The second-order valence-electron chi connectivity index (χ2n) is 7.88. The molecule has 5 N–H and O–H groups in total. The van der Waals surface area contributed by atoms with Crippen LogP contribution in [0.5, 0.6) is 0 Å². The number of halogens is 1. The highest BCUT2D eigenvalue weighted by Crippen LogP contribution is 2.21. The first kappa shape index (κ1) is 27.9. The molecule has 2 aromatic carbocycles. The molecule has 1 unspecified atom stereocenters. The molecular weight excluding hydrogens is 469 g/mol. The van der Waals surface area contributed by atoms with Crippen molar-refractivity contribution in [2.75, 3.05) is 13.2 Å². The van der Waals surface area contributed by atoms with Gasteiger partial charge in [-0.2, -0.15) is 0 Å². The second-order valence-corrected chi connectivity index (χ2v) is 9.89. The highest BCUT2D eigenvalue weighted by molar-refractivity contribution is 7.85. The summed E-state index contributed by atoms with van der Waals surface area (Å²) in [5.74, 6) is -0.455. The standard InChI is InChI=1S/C25H28FN5O2S.H2O.H2/c1-16(2)34(32)21-10-8-19(9-11-21)22-15-30-17(3)23(31-22)25(28)33-24(27)20-6-4-18(5-7-20)14-29-13-12-26;;/h4-11,15-16,27-29H,12-14H2,1-3H3;1H2;1H. The quantitative estimate of drug-likeness (QED) is 0.232. The van der Waals surface area contributed by atoms with Crippen LogP contribution in [0.1, 0.15) is 37.8 Å². The summed E-state index contributed by atoms with van der Waals surface area (Å²) in [4.78, 5) is 9.62. The predicted octanol–water partition coefficient (Wildman–Crippen LogP) is 3.82. The Morgan fingerprint density at radius 1 is 1.11 bits per heavy atom. The number of benzene rings is 2. The van der Waals surface area contributed by atoms with Gasteiger partial charge in [-0.25, -0.2) is 9.37 Å². The Hall–Kier alpha value is -3.34. The number of ether oxygens (including phenoxy) is 1. The number of hydrogen-bond acceptors (Lipinski definition) is 7. The largest absolute Gasteiger partial charge is 0.419 e. The molecule has 8 nitrogen and oxygen atoms in total. The third kappa shape index (κ3) is 7.32. The Kier molecular flexibility index (Phi) is 10.3. The molecule has 0 saturated carbocycles. The number of hydrogen-bond donors (Lipinski definition) is 3. The van der Waals surface area contributed by atoms with E-state index in [1.807, 2.05) is 38.1 Å². The van der Waals surface area contributed by atoms with Crippen molar-refractivity contribution in [1.29, 1.82) is 10.8 Å². The van der Waals surface area contributed by atoms with Crippen molar-refractivity contribution >= 4 is 22.6 Å². The fourth-order valence-corrected chi connectivity index (χ4v) is 4.07. The number of alkyl halides is 1. The van der Waals surface area contributed by atoms with E-state index in [4.69, 9.17) is 15.6 Å². The van der Waals surface area contributed by atoms with Crippen LogP contribution in [-0.4, -0.2) is 49.9 Å². The molecule has 0 saturated heterocycles. The molecule has 0 aliphatic heterocycles. The van der Waals surface area contributed by atoms with Crippen LogP contribution in [-0.2, 0) is 22.1 Å². The maximum atomic E-state index is 12.3. The number of nitrogens with one attached hydrogen (secondary N) is 3. The molecule has 35 heavy (non-hydrogen) atoms. The molecule has 1 heterocycles. The maximum Gasteiger partial charge on any atom is 0.241 e. The van der Waals surface area contributed by atoms with Crippen LogP contribution in [0.3, 0.4) is 0 Å². The average Bonchev–Trinajstić information content (AvgIpc) is 2.84. The Morgan fingerprint density at radius 2 is 1.77 bits per heavy atom. The van der Waals surface area contributed by atoms with Crippen molar-refractivity contribution in [3.8, 4) is 11.3 Å². The highest BCUT2D eigenvalue weighted by Gasteiger charge is 2.16. The zero-order chi connectivity index (χ0) is 24.7. The van der Waals surface area contributed by atoms with Crippen molar-refractivity contribution in [2.45, 2.75) is 37.5 Å². The summed E-state index contributed by atoms with van der Waals surface area (Å²) >= 11 is 0. The third-order valence-electron chi connectivity index (χ3n) is 5.00. The van der Waals surface area contributed by atoms with E-state index < -0.39 is 17.5 Å². The van der Waals surface area contributed by atoms with Crippen LogP contribution in [0.25, 0.3) is 11.3 Å². The number of aromatic nitrogens is 2. The van der Waals surface area contributed by atoms with Gasteiger partial charge in [-0.15, -0.1) is 0 Å². The molecular formula is C25H32FN5O3S. The smallest absolute Gasteiger partial charge is 0.241 e. The van der Waals surface area contributed by atoms with Gasteiger partial charge in [-0.05, 0) is 36.8 Å². The van der Waals surface area contributed by atoms with E-state index >= 15 is 0 Å². The van der Waals surface area contributed by atoms with Crippen LogP contribution in [0.2, 0.25) is 0 Å². The molecule has 0 aliphatic rings. The minimum Gasteiger partial charge on any atom is -0.419 e. The first-order valence-corrected chi connectivity index (χ1v) is 12.1. The molecule has 3 rings (SSSR count). The molecule has 0 fully saturated rings. The van der Waals surface area contributed by atoms with E-state index in [9.17, 15) is 8.60 Å². The summed E-state index contributed by atoms with van der Waals surface area (Å²) in [5, 5.41) is 19.6. The molecule has 0 spiro atoms. The Morgan fingerprint density at radius 3 is 2.37 bits per heavy atom. The Balaban J connectivity index is 0.00000324. The molecule has 0 aliphatic carbocycles. The van der Waals surface area contributed by atoms with Crippen LogP contribution >= 0.6 is 0 Å². The normalized spacial score (nSPS) is 11.6. The monoisotopic (exact) mass is 501 g/mol. The molecule has 1 aromatic heterocycles. The van der Waals surface area contributed by atoms with E-state index in [1.165, 1.54) is 0 Å². The van der Waals surface area contributed by atoms with Gasteiger partial charge in [-0.1, -0.05) is 38.1 Å². The van der Waals surface area contributed by atoms with Crippen molar-refractivity contribution in [3.63, 3.8) is 0 Å². The third-order valence-corrected chi connectivity index (χ3v) is 6.59. The van der Waals surface area contributed by atoms with Crippen LogP contribution in [0.4, 0.5) is 4.39 Å². The summed E-state index contributed by atoms with van der Waals surface area (Å²) in [7, 11) is -1.08. The van der Waals surface area contributed by atoms with Crippen LogP contribution in [0.15, 0.2) is 59.6 Å². The van der Waals surface area contributed by atoms with E-state index in [-0.39, 0.29) is 29.6 Å². The number of nitrogens with zero attached hydrogens (tertiary/aromatic N) is 2. The fraction of sp³-hybridized carbons (Fsp3) is 0.280. The molecule has 1 atom stereocenters. The van der Waals surface area contributed by atoms with Gasteiger partial charge < -0.3 is 15.5 Å². The van der Waals surface area contributed by atoms with Crippen molar-refractivity contribution in [1.82, 2.24) is 15.3 Å². The minimum atomic E-state index is -1.08. The summed E-state index contributed by atoms with van der Waals surface area (Å²) < 4.78 is 29.9. The molecule has 188 valence electrons. The highest BCUT2D eigenvalue weighted by atomic mass is 32.2. The lowest BCUT2D eigenvalue weighted by molar-refractivity contribution is 0.467.